The Balaban J connectivity index is 2.29. The van der Waals surface area contributed by atoms with E-state index in [2.05, 4.69) is 9.97 Å². The third-order valence-corrected chi connectivity index (χ3v) is 6.42. The van der Waals surface area contributed by atoms with E-state index in [0.717, 1.165) is 10.7 Å². The van der Waals surface area contributed by atoms with Crippen molar-refractivity contribution in [1.82, 2.24) is 14.3 Å². The van der Waals surface area contributed by atoms with Crippen molar-refractivity contribution in [2.75, 3.05) is 13.2 Å². The minimum Gasteiger partial charge on any atom is -0.473 e. The van der Waals surface area contributed by atoms with Crippen LogP contribution in [0.2, 0.25) is 0 Å². The highest BCUT2D eigenvalue weighted by atomic mass is 32.2. The second kappa shape index (κ2) is 10.0. The molecular formula is C20H33N3O6S. The summed E-state index contributed by atoms with van der Waals surface area (Å²) < 4.78 is 39.2. The molecule has 2 heterocycles. The number of sulfonamides is 1. The van der Waals surface area contributed by atoms with Gasteiger partial charge in [0, 0.05) is 19.3 Å². The summed E-state index contributed by atoms with van der Waals surface area (Å²) >= 11 is 0. The third kappa shape index (κ3) is 6.36. The highest BCUT2D eigenvalue weighted by Gasteiger charge is 2.43. The fourth-order valence-electron chi connectivity index (χ4n) is 3.24. The Bertz CT molecular complexity index is 837. The average molecular weight is 444 g/mol. The maximum Gasteiger partial charge on any atom is 0.324 e. The van der Waals surface area contributed by atoms with Crippen molar-refractivity contribution in [3.8, 4) is 5.88 Å². The van der Waals surface area contributed by atoms with Crippen molar-refractivity contribution in [1.29, 1.82) is 0 Å². The smallest absolute Gasteiger partial charge is 0.324 e. The second-order valence-electron chi connectivity index (χ2n) is 8.58. The van der Waals surface area contributed by atoms with E-state index in [1.54, 1.807) is 27.7 Å². The number of aliphatic hydroxyl groups excluding tert-OH is 1. The molecule has 0 radical (unpaired) electrons. The normalized spacial score (nSPS) is 18.9. The molecule has 1 aliphatic rings. The van der Waals surface area contributed by atoms with Crippen LogP contribution >= 0.6 is 0 Å². The molecule has 10 heteroatoms. The predicted octanol–water partition coefficient (Wildman–Crippen LogP) is 2.21. The highest BCUT2D eigenvalue weighted by molar-refractivity contribution is 7.89. The SMILES string of the molecule is Cc1cnc(S(=O)(=O)N2CCC[C@H]2C(=O)OC(C)(C)C)c(O[C@H](C)CCCCO)n1. The summed E-state index contributed by atoms with van der Waals surface area (Å²) in [6, 6.07) is -0.896. The van der Waals surface area contributed by atoms with E-state index < -0.39 is 27.6 Å². The van der Waals surface area contributed by atoms with Crippen LogP contribution in [0.25, 0.3) is 0 Å². The molecule has 0 amide bonds. The molecule has 1 aromatic heterocycles. The third-order valence-electron chi connectivity index (χ3n) is 4.60. The molecule has 2 rings (SSSR count). The molecule has 9 nitrogen and oxygen atoms in total. The van der Waals surface area contributed by atoms with Crippen LogP contribution in [-0.4, -0.2) is 64.7 Å². The maximum absolute atomic E-state index is 13.4. The number of hydrogen-bond donors (Lipinski definition) is 1. The number of hydrogen-bond acceptors (Lipinski definition) is 8. The molecule has 0 aliphatic carbocycles. The lowest BCUT2D eigenvalue weighted by molar-refractivity contribution is -0.158. The number of esters is 1. The molecule has 1 aromatic rings. The topological polar surface area (TPSA) is 119 Å². The van der Waals surface area contributed by atoms with Crippen molar-refractivity contribution in [2.24, 2.45) is 0 Å². The van der Waals surface area contributed by atoms with E-state index in [-0.39, 0.29) is 30.2 Å². The van der Waals surface area contributed by atoms with Gasteiger partial charge in [-0.05, 0) is 66.7 Å². The minimum atomic E-state index is -4.11. The summed E-state index contributed by atoms with van der Waals surface area (Å²) in [5, 5.41) is 8.64. The van der Waals surface area contributed by atoms with E-state index in [0.29, 0.717) is 31.4 Å². The number of aryl methyl sites for hydroxylation is 1. The summed E-state index contributed by atoms with van der Waals surface area (Å²) in [5.41, 5.74) is -0.187. The molecule has 0 aromatic carbocycles. The lowest BCUT2D eigenvalue weighted by atomic mass is 10.2. The van der Waals surface area contributed by atoms with Gasteiger partial charge >= 0.3 is 5.97 Å². The van der Waals surface area contributed by atoms with Crippen molar-refractivity contribution in [3.05, 3.63) is 11.9 Å². The largest absolute Gasteiger partial charge is 0.473 e. The molecule has 1 N–H and O–H groups in total. The first-order valence-corrected chi connectivity index (χ1v) is 11.8. The zero-order valence-corrected chi connectivity index (χ0v) is 19.2. The first-order chi connectivity index (χ1) is 14.0. The number of carbonyl (C=O) groups excluding carboxylic acids is 1. The van der Waals surface area contributed by atoms with Gasteiger partial charge in [-0.2, -0.15) is 4.31 Å². The van der Waals surface area contributed by atoms with E-state index in [1.165, 1.54) is 6.20 Å². The molecule has 1 saturated heterocycles. The van der Waals surface area contributed by atoms with Crippen molar-refractivity contribution < 1.29 is 27.8 Å². The van der Waals surface area contributed by atoms with Crippen molar-refractivity contribution in [3.63, 3.8) is 0 Å². The highest BCUT2D eigenvalue weighted by Crippen LogP contribution is 2.31. The number of aromatic nitrogens is 2. The summed E-state index contributed by atoms with van der Waals surface area (Å²) in [7, 11) is -4.11. The van der Waals surface area contributed by atoms with Gasteiger partial charge in [0.05, 0.1) is 11.8 Å². The van der Waals surface area contributed by atoms with Gasteiger partial charge in [0.1, 0.15) is 11.6 Å². The standard InChI is InChI=1S/C20H33N3O6S/c1-14-13-21-18(17(22-14)28-15(2)9-6-7-12-24)30(26,27)23-11-8-10-16(23)19(25)29-20(3,4)5/h13,15-16,24H,6-12H2,1-5H3/t15-,16+/m1/s1. The van der Waals surface area contributed by atoms with Crippen LogP contribution in [-0.2, 0) is 19.6 Å². The van der Waals surface area contributed by atoms with Gasteiger partial charge in [-0.25, -0.2) is 18.4 Å². The Morgan fingerprint density at radius 3 is 2.70 bits per heavy atom. The van der Waals surface area contributed by atoms with Gasteiger partial charge in [-0.3, -0.25) is 4.79 Å². The Kier molecular flexibility index (Phi) is 8.18. The van der Waals surface area contributed by atoms with Crippen LogP contribution < -0.4 is 4.74 Å². The van der Waals surface area contributed by atoms with Gasteiger partial charge in [-0.15, -0.1) is 0 Å². The number of carbonyl (C=O) groups is 1. The first-order valence-electron chi connectivity index (χ1n) is 10.3. The molecule has 2 atom stereocenters. The number of rotatable bonds is 9. The Hall–Kier alpha value is -1.78. The van der Waals surface area contributed by atoms with Gasteiger partial charge in [-0.1, -0.05) is 0 Å². The van der Waals surface area contributed by atoms with Gasteiger partial charge in [0.25, 0.3) is 15.9 Å². The molecule has 0 bridgehead atoms. The fraction of sp³-hybridized carbons (Fsp3) is 0.750. The van der Waals surface area contributed by atoms with Gasteiger partial charge in [0.15, 0.2) is 0 Å². The number of ether oxygens (including phenoxy) is 2. The van der Waals surface area contributed by atoms with E-state index >= 15 is 0 Å². The van der Waals surface area contributed by atoms with Crippen LogP contribution in [0, 0.1) is 6.92 Å². The van der Waals surface area contributed by atoms with Crippen LogP contribution in [0.3, 0.4) is 0 Å². The van der Waals surface area contributed by atoms with Crippen molar-refractivity contribution in [2.45, 2.75) is 89.5 Å². The molecule has 0 spiro atoms. The molecule has 1 fully saturated rings. The van der Waals surface area contributed by atoms with Crippen LogP contribution in [0.4, 0.5) is 0 Å². The average Bonchev–Trinajstić information content (AvgIpc) is 3.11. The molecule has 0 saturated carbocycles. The van der Waals surface area contributed by atoms with E-state index in [1.807, 2.05) is 6.92 Å². The fourth-order valence-corrected chi connectivity index (χ4v) is 4.85. The maximum atomic E-state index is 13.4. The summed E-state index contributed by atoms with van der Waals surface area (Å²) in [4.78, 5) is 21.0. The quantitative estimate of drug-likeness (QED) is 0.456. The van der Waals surface area contributed by atoms with E-state index in [9.17, 15) is 13.2 Å². The first kappa shape index (κ1) is 24.5. The summed E-state index contributed by atoms with van der Waals surface area (Å²) in [5.74, 6) is -0.634. The van der Waals surface area contributed by atoms with Crippen LogP contribution in [0.1, 0.15) is 65.5 Å². The van der Waals surface area contributed by atoms with E-state index in [4.69, 9.17) is 14.6 Å². The number of nitrogens with zero attached hydrogens (tertiary/aromatic N) is 3. The molecule has 170 valence electrons. The summed E-state index contributed by atoms with van der Waals surface area (Å²) in [6.07, 6.45) is 4.03. The zero-order valence-electron chi connectivity index (χ0n) is 18.4. The molecule has 30 heavy (non-hydrogen) atoms. The van der Waals surface area contributed by atoms with Crippen molar-refractivity contribution >= 4 is 16.0 Å². The number of unbranched alkanes of at least 4 members (excludes halogenated alkanes) is 1. The Labute approximate surface area is 178 Å². The summed E-state index contributed by atoms with van der Waals surface area (Å²) in [6.45, 7) is 9.05. The predicted molar refractivity (Wildman–Crippen MR) is 111 cm³/mol. The van der Waals surface area contributed by atoms with Gasteiger partial charge in [0.2, 0.25) is 5.03 Å². The zero-order chi connectivity index (χ0) is 22.5. The van der Waals surface area contributed by atoms with Gasteiger partial charge < -0.3 is 14.6 Å². The Morgan fingerprint density at radius 2 is 2.07 bits per heavy atom. The lowest BCUT2D eigenvalue weighted by Gasteiger charge is -2.27. The Morgan fingerprint density at radius 1 is 1.37 bits per heavy atom. The monoisotopic (exact) mass is 443 g/mol. The van der Waals surface area contributed by atoms with Crippen LogP contribution in [0.5, 0.6) is 5.88 Å². The number of aliphatic hydroxyl groups is 1. The molecule has 0 unspecified atom stereocenters. The molecular weight excluding hydrogens is 410 g/mol. The molecule has 1 aliphatic heterocycles. The second-order valence-corrected chi connectivity index (χ2v) is 10.4. The minimum absolute atomic E-state index is 0.0682. The van der Waals surface area contributed by atoms with Crippen LogP contribution in [0.15, 0.2) is 11.2 Å². The lowest BCUT2D eigenvalue weighted by Crippen LogP contribution is -2.43.